The normalized spacial score (nSPS) is 10.2. The molecule has 0 fully saturated rings. The first kappa shape index (κ1) is 26.4. The molecule has 4 N–H and O–H groups in total. The molecule has 11 heteroatoms. The van der Waals surface area contributed by atoms with Crippen LogP contribution in [-0.2, 0) is 24.7 Å². The van der Waals surface area contributed by atoms with E-state index in [1.54, 1.807) is 57.7 Å². The number of rotatable bonds is 8. The lowest BCUT2D eigenvalue weighted by Crippen LogP contribution is -1.97. The molecule has 0 aliphatic rings. The fourth-order valence-corrected chi connectivity index (χ4v) is 5.83. The van der Waals surface area contributed by atoms with E-state index >= 15 is 0 Å². The first-order valence-corrected chi connectivity index (χ1v) is 11.3. The average Bonchev–Trinajstić information content (AvgIpc) is 2.61. The van der Waals surface area contributed by atoms with Gasteiger partial charge in [-0.25, -0.2) is 0 Å². The number of aliphatic hydroxyl groups is 2. The molecule has 2 rings (SSSR count). The van der Waals surface area contributed by atoms with Gasteiger partial charge in [-0.05, 0) is 34.8 Å². The molecule has 0 spiro atoms. The minimum Gasteiger partial charge on any atom is -0.506 e. The monoisotopic (exact) mass is 472 g/mol. The molecule has 0 unspecified atom stereocenters. The highest BCUT2D eigenvalue weighted by Crippen LogP contribution is 2.41. The third-order valence-corrected chi connectivity index (χ3v) is 7.77. The van der Waals surface area contributed by atoms with Gasteiger partial charge in [0.2, 0.25) is 0 Å². The maximum atomic E-state index is 9.94. The van der Waals surface area contributed by atoms with Crippen molar-refractivity contribution in [3.63, 3.8) is 0 Å². The third-order valence-electron chi connectivity index (χ3n) is 3.70. The Hall–Kier alpha value is -0.550. The standard InChI is InChI=1S/C16H20N2O4S3.2ClH/c1-9-15(21)13(5-19)11(3-17-9)7-23-25-24-8-12-4-18-10(2)16(22)14(12)6-20;;/h3-4,19-22H,5-8H2,1-2H3;2*1H. The smallest absolute Gasteiger partial charge is 0.142 e. The minimum atomic E-state index is -0.225. The molecule has 0 saturated carbocycles. The van der Waals surface area contributed by atoms with E-state index in [0.717, 1.165) is 11.1 Å². The fourth-order valence-electron chi connectivity index (χ4n) is 2.18. The minimum absolute atomic E-state index is 0. The van der Waals surface area contributed by atoms with Gasteiger partial charge in [0.15, 0.2) is 0 Å². The maximum Gasteiger partial charge on any atom is 0.142 e. The van der Waals surface area contributed by atoms with Gasteiger partial charge in [0.05, 0.1) is 24.6 Å². The summed E-state index contributed by atoms with van der Waals surface area (Å²) in [6.07, 6.45) is 3.34. The number of halogens is 2. The van der Waals surface area contributed by atoms with Crippen LogP contribution in [0.4, 0.5) is 0 Å². The zero-order chi connectivity index (χ0) is 18.4. The van der Waals surface area contributed by atoms with Gasteiger partial charge < -0.3 is 20.4 Å². The van der Waals surface area contributed by atoms with E-state index in [9.17, 15) is 20.4 Å². The molecule has 0 saturated heterocycles. The number of pyridine rings is 2. The van der Waals surface area contributed by atoms with Crippen LogP contribution in [0.2, 0.25) is 0 Å². The number of aliphatic hydroxyl groups excluding tert-OH is 2. The molecule has 27 heavy (non-hydrogen) atoms. The molecular formula is C16H22Cl2N2O4S3. The first-order valence-electron chi connectivity index (χ1n) is 7.45. The van der Waals surface area contributed by atoms with Gasteiger partial charge in [-0.3, -0.25) is 9.97 Å². The second kappa shape index (κ2) is 12.8. The number of aromatic hydroxyl groups is 2. The molecule has 0 amide bonds. The summed E-state index contributed by atoms with van der Waals surface area (Å²) in [5.41, 5.74) is 3.64. The fraction of sp³-hybridized carbons (Fsp3) is 0.375. The van der Waals surface area contributed by atoms with Gasteiger partial charge in [0, 0.05) is 35.0 Å². The predicted molar refractivity (Wildman–Crippen MR) is 118 cm³/mol. The van der Waals surface area contributed by atoms with Gasteiger partial charge in [-0.2, -0.15) is 0 Å². The highest BCUT2D eigenvalue weighted by Gasteiger charge is 2.13. The molecular weight excluding hydrogens is 451 g/mol. The van der Waals surface area contributed by atoms with E-state index in [-0.39, 0.29) is 49.5 Å². The van der Waals surface area contributed by atoms with E-state index in [1.807, 2.05) is 0 Å². The van der Waals surface area contributed by atoms with Crippen molar-refractivity contribution >= 4 is 56.2 Å². The quantitative estimate of drug-likeness (QED) is 0.334. The predicted octanol–water partition coefficient (Wildman–Crippen LogP) is 4.06. The van der Waals surface area contributed by atoms with Gasteiger partial charge in [-0.15, -0.1) is 24.8 Å². The lowest BCUT2D eigenvalue weighted by atomic mass is 10.1. The summed E-state index contributed by atoms with van der Waals surface area (Å²) in [7, 11) is 4.68. The number of hydrogen-bond donors (Lipinski definition) is 4. The molecule has 6 nitrogen and oxygen atoms in total. The van der Waals surface area contributed by atoms with E-state index < -0.39 is 0 Å². The van der Waals surface area contributed by atoms with E-state index in [0.29, 0.717) is 34.0 Å². The number of nitrogens with zero attached hydrogens (tertiary/aromatic N) is 2. The Kier molecular flexibility index (Phi) is 12.6. The maximum absolute atomic E-state index is 9.94. The Labute approximate surface area is 182 Å². The Morgan fingerprint density at radius 3 is 1.48 bits per heavy atom. The van der Waals surface area contributed by atoms with E-state index in [2.05, 4.69) is 9.97 Å². The lowest BCUT2D eigenvalue weighted by Gasteiger charge is -2.11. The van der Waals surface area contributed by atoms with E-state index in [4.69, 9.17) is 0 Å². The van der Waals surface area contributed by atoms with Crippen LogP contribution in [-0.4, -0.2) is 30.4 Å². The molecule has 2 aromatic heterocycles. The number of aromatic nitrogens is 2. The number of hydrogen-bond acceptors (Lipinski definition) is 9. The molecule has 0 aliphatic carbocycles. The highest BCUT2D eigenvalue weighted by atomic mass is 35.5. The van der Waals surface area contributed by atoms with Crippen LogP contribution < -0.4 is 0 Å². The zero-order valence-electron chi connectivity index (χ0n) is 14.7. The summed E-state index contributed by atoms with van der Waals surface area (Å²) in [6, 6.07) is 0. The molecule has 0 aromatic carbocycles. The summed E-state index contributed by atoms with van der Waals surface area (Å²) in [6.45, 7) is 2.94. The Morgan fingerprint density at radius 2 is 1.15 bits per heavy atom. The van der Waals surface area contributed by atoms with Crippen molar-refractivity contribution in [3.05, 3.63) is 46.0 Å². The van der Waals surface area contributed by atoms with Gasteiger partial charge in [-0.1, -0.05) is 21.6 Å². The van der Waals surface area contributed by atoms with Gasteiger partial charge in [0.1, 0.15) is 11.5 Å². The van der Waals surface area contributed by atoms with Crippen LogP contribution in [0.5, 0.6) is 11.5 Å². The average molecular weight is 473 g/mol. The second-order valence-corrected chi connectivity index (χ2v) is 9.53. The molecule has 2 heterocycles. The molecule has 2 aromatic rings. The summed E-state index contributed by atoms with van der Waals surface area (Å²) in [5, 5.41) is 38.7. The van der Waals surface area contributed by atoms with Crippen LogP contribution in [0, 0.1) is 13.8 Å². The van der Waals surface area contributed by atoms with Crippen molar-refractivity contribution in [2.24, 2.45) is 0 Å². The topological polar surface area (TPSA) is 107 Å². The van der Waals surface area contributed by atoms with Crippen molar-refractivity contribution in [2.45, 2.75) is 38.6 Å². The SMILES string of the molecule is Cc1ncc(CSSSCc2cnc(C)c(O)c2CO)c(CO)c1O.Cl.Cl. The van der Waals surface area contributed by atoms with Crippen molar-refractivity contribution in [1.82, 2.24) is 9.97 Å². The van der Waals surface area contributed by atoms with Crippen molar-refractivity contribution < 1.29 is 20.4 Å². The number of aryl methyl sites for hydroxylation is 2. The summed E-state index contributed by atoms with van der Waals surface area (Å²) < 4.78 is 0. The molecule has 0 bridgehead atoms. The van der Waals surface area contributed by atoms with Crippen LogP contribution in [0.15, 0.2) is 12.4 Å². The molecule has 152 valence electrons. The van der Waals surface area contributed by atoms with Gasteiger partial charge in [0.25, 0.3) is 0 Å². The summed E-state index contributed by atoms with van der Waals surface area (Å²) in [5.74, 6) is 1.29. The largest absolute Gasteiger partial charge is 0.506 e. The highest BCUT2D eigenvalue weighted by molar-refractivity contribution is 9.09. The van der Waals surface area contributed by atoms with Crippen LogP contribution in [0.25, 0.3) is 0 Å². The second-order valence-electron chi connectivity index (χ2n) is 5.30. The van der Waals surface area contributed by atoms with Crippen LogP contribution in [0.3, 0.4) is 0 Å². The van der Waals surface area contributed by atoms with Crippen molar-refractivity contribution in [3.8, 4) is 11.5 Å². The van der Waals surface area contributed by atoms with Crippen molar-refractivity contribution in [2.75, 3.05) is 0 Å². The summed E-state index contributed by atoms with van der Waals surface area (Å²) in [4.78, 5) is 8.24. The Bertz CT molecular complexity index is 693. The molecule has 0 aliphatic heterocycles. The van der Waals surface area contributed by atoms with E-state index in [1.165, 1.54) is 0 Å². The Balaban J connectivity index is 0.00000338. The third kappa shape index (κ3) is 6.77. The van der Waals surface area contributed by atoms with Crippen LogP contribution >= 0.6 is 56.2 Å². The van der Waals surface area contributed by atoms with Crippen molar-refractivity contribution in [1.29, 1.82) is 0 Å². The molecule has 0 radical (unpaired) electrons. The summed E-state index contributed by atoms with van der Waals surface area (Å²) >= 11 is 0. The van der Waals surface area contributed by atoms with Crippen LogP contribution in [0.1, 0.15) is 33.6 Å². The Morgan fingerprint density at radius 1 is 0.778 bits per heavy atom. The molecule has 0 atom stereocenters. The lowest BCUT2D eigenvalue weighted by molar-refractivity contribution is 0.273. The zero-order valence-corrected chi connectivity index (χ0v) is 18.8. The first-order chi connectivity index (χ1) is 12.0. The van der Waals surface area contributed by atoms with Gasteiger partial charge >= 0.3 is 0 Å².